The van der Waals surface area contributed by atoms with Gasteiger partial charge >= 0.3 is 28.5 Å². The van der Waals surface area contributed by atoms with E-state index in [2.05, 4.69) is 14.8 Å². The van der Waals surface area contributed by atoms with Crippen LogP contribution in [0.4, 0.5) is 9.59 Å². The van der Waals surface area contributed by atoms with Gasteiger partial charge in [-0.1, -0.05) is 30.3 Å². The molecule has 0 radical (unpaired) electrons. The molecular weight excluding hydrogens is 518 g/mol. The third-order valence-electron chi connectivity index (χ3n) is 3.94. The molecule has 12 nitrogen and oxygen atoms in total. The summed E-state index contributed by atoms with van der Waals surface area (Å²) in [6.45, 7) is 3.81. The fourth-order valence-electron chi connectivity index (χ4n) is 2.13. The van der Waals surface area contributed by atoms with Crippen molar-refractivity contribution in [3.63, 3.8) is 0 Å². The lowest BCUT2D eigenvalue weighted by molar-refractivity contribution is -0.149. The normalized spacial score (nSPS) is 11.4. The van der Waals surface area contributed by atoms with Crippen LogP contribution < -0.4 is 5.32 Å². The Balaban J connectivity index is 2.78. The summed E-state index contributed by atoms with van der Waals surface area (Å²) < 4.78 is 22.3. The highest BCUT2D eigenvalue weighted by atomic mass is 32.2. The SMILES string of the molecule is CC(=O)OCOC(=O)SC[C@H](NC(=O)C(C)(C)SC(=O)OCOC(C)=O)C(=O)OCc1ccccc1. The molecule has 14 heteroatoms. The lowest BCUT2D eigenvalue weighted by atomic mass is 10.2. The summed E-state index contributed by atoms with van der Waals surface area (Å²) in [6, 6.07) is 7.51. The first-order chi connectivity index (χ1) is 16.9. The molecule has 1 amide bonds. The lowest BCUT2D eigenvalue weighted by Crippen LogP contribution is -2.50. The molecule has 1 aromatic carbocycles. The second-order valence-electron chi connectivity index (χ2n) is 7.34. The van der Waals surface area contributed by atoms with E-state index in [1.165, 1.54) is 13.8 Å². The number of hydrogen-bond donors (Lipinski definition) is 1. The van der Waals surface area contributed by atoms with Crippen LogP contribution in [0.1, 0.15) is 33.3 Å². The first-order valence-corrected chi connectivity index (χ1v) is 12.1. The molecule has 1 aromatic rings. The number of ether oxygens (including phenoxy) is 5. The van der Waals surface area contributed by atoms with Gasteiger partial charge in [0.25, 0.3) is 0 Å². The van der Waals surface area contributed by atoms with E-state index in [9.17, 15) is 28.8 Å². The molecule has 0 fully saturated rings. The molecule has 0 spiro atoms. The number of amides is 1. The Labute approximate surface area is 216 Å². The molecule has 198 valence electrons. The second-order valence-corrected chi connectivity index (χ2v) is 9.85. The van der Waals surface area contributed by atoms with Crippen LogP contribution in [-0.4, -0.2) is 64.5 Å². The Morgan fingerprint density at radius 1 is 0.833 bits per heavy atom. The molecule has 36 heavy (non-hydrogen) atoms. The van der Waals surface area contributed by atoms with Gasteiger partial charge in [0.2, 0.25) is 19.5 Å². The number of thioether (sulfide) groups is 2. The number of carbonyl (C=O) groups excluding carboxylic acids is 6. The summed E-state index contributed by atoms with van der Waals surface area (Å²) in [4.78, 5) is 70.9. The first-order valence-electron chi connectivity index (χ1n) is 10.3. The van der Waals surface area contributed by atoms with Gasteiger partial charge < -0.3 is 29.0 Å². The second kappa shape index (κ2) is 15.7. The van der Waals surface area contributed by atoms with E-state index < -0.39 is 58.8 Å². The maximum absolute atomic E-state index is 12.8. The third-order valence-corrected chi connectivity index (χ3v) is 5.78. The van der Waals surface area contributed by atoms with E-state index in [0.29, 0.717) is 29.1 Å². The minimum Gasteiger partial charge on any atom is -0.459 e. The molecule has 1 rings (SSSR count). The van der Waals surface area contributed by atoms with Crippen molar-refractivity contribution < 1.29 is 52.5 Å². The van der Waals surface area contributed by atoms with E-state index in [1.54, 1.807) is 30.3 Å². The molecule has 0 saturated carbocycles. The van der Waals surface area contributed by atoms with Crippen molar-refractivity contribution in [2.45, 2.75) is 45.1 Å². The van der Waals surface area contributed by atoms with E-state index in [4.69, 9.17) is 14.2 Å². The monoisotopic (exact) mass is 545 g/mol. The van der Waals surface area contributed by atoms with Gasteiger partial charge in [0.1, 0.15) is 12.6 Å². The molecule has 0 aliphatic heterocycles. The van der Waals surface area contributed by atoms with Gasteiger partial charge in [0.05, 0.1) is 4.75 Å². The van der Waals surface area contributed by atoms with Crippen LogP contribution in [0, 0.1) is 0 Å². The highest BCUT2D eigenvalue weighted by molar-refractivity contribution is 8.15. The zero-order chi connectivity index (χ0) is 27.1. The van der Waals surface area contributed by atoms with Gasteiger partial charge in [0, 0.05) is 19.6 Å². The van der Waals surface area contributed by atoms with Crippen molar-refractivity contribution in [3.8, 4) is 0 Å². The molecule has 1 N–H and O–H groups in total. The molecule has 0 unspecified atom stereocenters. The smallest absolute Gasteiger partial charge is 0.371 e. The Kier molecular flexibility index (Phi) is 13.4. The van der Waals surface area contributed by atoms with Gasteiger partial charge in [-0.3, -0.25) is 14.4 Å². The summed E-state index contributed by atoms with van der Waals surface area (Å²) in [5.74, 6) is -3.12. The van der Waals surface area contributed by atoms with Crippen LogP contribution in [0.15, 0.2) is 30.3 Å². The summed E-state index contributed by atoms with van der Waals surface area (Å²) in [5, 5.41) is 0.722. The van der Waals surface area contributed by atoms with Crippen molar-refractivity contribution in [1.29, 1.82) is 0 Å². The largest absolute Gasteiger partial charge is 0.459 e. The van der Waals surface area contributed by atoms with Crippen LogP contribution in [-0.2, 0) is 49.5 Å². The van der Waals surface area contributed by atoms with Crippen LogP contribution in [0.3, 0.4) is 0 Å². The van der Waals surface area contributed by atoms with Crippen LogP contribution in [0.2, 0.25) is 0 Å². The minimum absolute atomic E-state index is 0.0752. The first kappa shape index (κ1) is 30.8. The number of nitrogens with one attached hydrogen (secondary N) is 1. The number of esters is 3. The quantitative estimate of drug-likeness (QED) is 0.232. The van der Waals surface area contributed by atoms with Crippen molar-refractivity contribution in [1.82, 2.24) is 5.32 Å². The van der Waals surface area contributed by atoms with Crippen molar-refractivity contribution in [2.24, 2.45) is 0 Å². The molecule has 0 aliphatic rings. The fraction of sp³-hybridized carbons (Fsp3) is 0.455. The fourth-order valence-corrected chi connectivity index (χ4v) is 3.46. The molecule has 0 saturated heterocycles. The number of hydrogen-bond acceptors (Lipinski definition) is 13. The lowest BCUT2D eigenvalue weighted by Gasteiger charge is -2.25. The average Bonchev–Trinajstić information content (AvgIpc) is 2.79. The Hall–Kier alpha value is -3.26. The van der Waals surface area contributed by atoms with Crippen LogP contribution >= 0.6 is 23.5 Å². The van der Waals surface area contributed by atoms with Crippen LogP contribution in [0.25, 0.3) is 0 Å². The van der Waals surface area contributed by atoms with E-state index in [0.717, 1.165) is 13.8 Å². The molecule has 1 atom stereocenters. The highest BCUT2D eigenvalue weighted by Crippen LogP contribution is 2.27. The van der Waals surface area contributed by atoms with Gasteiger partial charge in [-0.05, 0) is 42.9 Å². The predicted octanol–water partition coefficient (Wildman–Crippen LogP) is 2.77. The van der Waals surface area contributed by atoms with Gasteiger partial charge in [-0.15, -0.1) is 0 Å². The van der Waals surface area contributed by atoms with Gasteiger partial charge in [-0.25, -0.2) is 14.4 Å². The summed E-state index contributed by atoms with van der Waals surface area (Å²) >= 11 is 1.05. The molecule has 0 bridgehead atoms. The maximum atomic E-state index is 12.8. The maximum Gasteiger partial charge on any atom is 0.371 e. The van der Waals surface area contributed by atoms with Gasteiger partial charge in [0.15, 0.2) is 0 Å². The van der Waals surface area contributed by atoms with Crippen molar-refractivity contribution in [2.75, 3.05) is 19.3 Å². The number of carbonyl (C=O) groups is 6. The average molecular weight is 546 g/mol. The minimum atomic E-state index is -1.41. The predicted molar refractivity (Wildman–Crippen MR) is 129 cm³/mol. The Morgan fingerprint density at radius 3 is 1.94 bits per heavy atom. The standard InChI is InChI=1S/C22H27NO11S2/c1-14(24)31-12-33-20(28)35-11-17(18(26)30-10-16-8-6-5-7-9-16)23-19(27)22(3,4)36-21(29)34-13-32-15(2)25/h5-9,17H,10-13H2,1-4H3,(H,23,27)/t17-/m0/s1. The molecule has 0 aliphatic carbocycles. The van der Waals surface area contributed by atoms with Crippen LogP contribution in [0.5, 0.6) is 0 Å². The molecule has 0 aromatic heterocycles. The number of rotatable bonds is 12. The van der Waals surface area contributed by atoms with Gasteiger partial charge in [-0.2, -0.15) is 0 Å². The Morgan fingerprint density at radius 2 is 1.39 bits per heavy atom. The summed E-state index contributed by atoms with van der Waals surface area (Å²) in [6.07, 6.45) is 0. The highest BCUT2D eigenvalue weighted by Gasteiger charge is 2.36. The molecular formula is C22H27NO11S2. The topological polar surface area (TPSA) is 161 Å². The molecule has 0 heterocycles. The zero-order valence-corrected chi connectivity index (χ0v) is 21.7. The van der Waals surface area contributed by atoms with Crippen molar-refractivity contribution >= 4 is 57.9 Å². The summed E-state index contributed by atoms with van der Waals surface area (Å²) in [5.41, 5.74) is 0.704. The van der Waals surface area contributed by atoms with E-state index in [-0.39, 0.29) is 12.4 Å². The Bertz CT molecular complexity index is 937. The zero-order valence-electron chi connectivity index (χ0n) is 20.1. The number of benzene rings is 1. The third kappa shape index (κ3) is 13.0. The summed E-state index contributed by atoms with van der Waals surface area (Å²) in [7, 11) is 0. The van der Waals surface area contributed by atoms with E-state index >= 15 is 0 Å². The van der Waals surface area contributed by atoms with E-state index in [1.807, 2.05) is 0 Å². The van der Waals surface area contributed by atoms with Crippen molar-refractivity contribution in [3.05, 3.63) is 35.9 Å².